The molecule has 9 aromatic carbocycles. The molecule has 0 spiro atoms. The summed E-state index contributed by atoms with van der Waals surface area (Å²) in [5.74, 6) is 1.81. The summed E-state index contributed by atoms with van der Waals surface area (Å²) in [5.41, 5.74) is 15.0. The molecule has 0 unspecified atom stereocenters. The van der Waals surface area contributed by atoms with Crippen LogP contribution in [0.1, 0.15) is 11.1 Å². The molecule has 0 saturated carbocycles. The first-order chi connectivity index (χ1) is 31.6. The van der Waals surface area contributed by atoms with E-state index in [-0.39, 0.29) is 0 Å². The summed E-state index contributed by atoms with van der Waals surface area (Å²) in [4.78, 5) is 15.8. The highest BCUT2D eigenvalue weighted by molar-refractivity contribution is 6.10. The summed E-state index contributed by atoms with van der Waals surface area (Å²) in [5, 5.41) is 4.74. The lowest BCUT2D eigenvalue weighted by Gasteiger charge is -2.17. The lowest BCUT2D eigenvalue weighted by molar-refractivity contribution is 1.07. The van der Waals surface area contributed by atoms with Crippen LogP contribution in [-0.4, -0.2) is 19.5 Å². The van der Waals surface area contributed by atoms with Gasteiger partial charge in [0.15, 0.2) is 17.5 Å². The van der Waals surface area contributed by atoms with Crippen molar-refractivity contribution in [2.75, 3.05) is 0 Å². The monoisotopic (exact) mass is 818 g/mol. The molecule has 2 heterocycles. The van der Waals surface area contributed by atoms with Crippen LogP contribution in [0.25, 0.3) is 112 Å². The van der Waals surface area contributed by atoms with E-state index in [4.69, 9.17) is 15.0 Å². The van der Waals surface area contributed by atoms with E-state index in [0.29, 0.717) is 17.5 Å². The van der Waals surface area contributed by atoms with Gasteiger partial charge in [-0.1, -0.05) is 189 Å². The fraction of sp³-hybridized carbons (Fsp3) is 0.0167. The molecule has 11 rings (SSSR count). The van der Waals surface area contributed by atoms with Gasteiger partial charge in [0.2, 0.25) is 0 Å². The third-order valence-corrected chi connectivity index (χ3v) is 12.2. The summed E-state index contributed by atoms with van der Waals surface area (Å²) in [7, 11) is 0. The molecule has 4 nitrogen and oxygen atoms in total. The smallest absolute Gasteiger partial charge is 0.164 e. The van der Waals surface area contributed by atoms with Gasteiger partial charge in [-0.3, -0.25) is 0 Å². The van der Waals surface area contributed by atoms with Crippen LogP contribution >= 0.6 is 0 Å². The highest BCUT2D eigenvalue weighted by Gasteiger charge is 2.20. The zero-order valence-corrected chi connectivity index (χ0v) is 35.4. The van der Waals surface area contributed by atoms with E-state index >= 15 is 0 Å². The topological polar surface area (TPSA) is 43.6 Å². The van der Waals surface area contributed by atoms with E-state index < -0.39 is 0 Å². The Bertz CT molecular complexity index is 3570. The maximum absolute atomic E-state index is 5.35. The van der Waals surface area contributed by atoms with Crippen molar-refractivity contribution >= 4 is 38.7 Å². The van der Waals surface area contributed by atoms with Crippen LogP contribution in [0.5, 0.6) is 0 Å². The molecule has 0 aliphatic rings. The van der Waals surface area contributed by atoms with Crippen molar-refractivity contribution in [1.82, 2.24) is 19.5 Å². The fourth-order valence-electron chi connectivity index (χ4n) is 9.06. The predicted molar refractivity (Wildman–Crippen MR) is 268 cm³/mol. The van der Waals surface area contributed by atoms with E-state index in [0.717, 1.165) is 72.2 Å². The molecule has 0 saturated heterocycles. The second-order valence-electron chi connectivity index (χ2n) is 16.1. The van der Waals surface area contributed by atoms with Gasteiger partial charge in [-0.2, -0.15) is 0 Å². The Balaban J connectivity index is 1.20. The van der Waals surface area contributed by atoms with Crippen molar-refractivity contribution in [3.05, 3.63) is 236 Å². The van der Waals surface area contributed by atoms with Gasteiger partial charge in [-0.25, -0.2) is 15.0 Å². The molecule has 2 aromatic heterocycles. The normalized spacial score (nSPS) is 11.5. The fourth-order valence-corrected chi connectivity index (χ4v) is 9.06. The van der Waals surface area contributed by atoms with E-state index in [2.05, 4.69) is 206 Å². The maximum atomic E-state index is 5.35. The number of benzene rings is 9. The van der Waals surface area contributed by atoms with Crippen LogP contribution in [-0.2, 0) is 0 Å². The van der Waals surface area contributed by atoms with E-state index in [1.807, 2.05) is 36.4 Å². The number of hydrogen-bond donors (Lipinski definition) is 0. The molecule has 0 aliphatic carbocycles. The molecule has 0 atom stereocenters. The van der Waals surface area contributed by atoms with Gasteiger partial charge in [0.05, 0.1) is 11.0 Å². The van der Waals surface area contributed by atoms with E-state index in [9.17, 15) is 0 Å². The van der Waals surface area contributed by atoms with Crippen molar-refractivity contribution in [3.8, 4) is 73.2 Å². The van der Waals surface area contributed by atoms with Crippen molar-refractivity contribution < 1.29 is 0 Å². The molecule has 0 radical (unpaired) electrons. The average Bonchev–Trinajstić information content (AvgIpc) is 3.70. The summed E-state index contributed by atoms with van der Waals surface area (Å²) in [6.45, 7) is 6.22. The van der Waals surface area contributed by atoms with Gasteiger partial charge in [0.25, 0.3) is 0 Å². The highest BCUT2D eigenvalue weighted by Crippen LogP contribution is 2.40. The number of aromatic nitrogens is 4. The molecular formula is C60H42N4. The molecular weight excluding hydrogens is 777 g/mol. The Labute approximate surface area is 372 Å². The Hall–Kier alpha value is -8.47. The van der Waals surface area contributed by atoms with Crippen LogP contribution < -0.4 is 0 Å². The minimum atomic E-state index is 0.591. The predicted octanol–water partition coefficient (Wildman–Crippen LogP) is 15.6. The van der Waals surface area contributed by atoms with Gasteiger partial charge in [-0.15, -0.1) is 0 Å². The maximum Gasteiger partial charge on any atom is 0.164 e. The molecule has 64 heavy (non-hydrogen) atoms. The van der Waals surface area contributed by atoms with Crippen LogP contribution in [0.2, 0.25) is 0 Å². The lowest BCUT2D eigenvalue weighted by Crippen LogP contribution is -2.02. The number of nitrogens with zero attached hydrogens (tertiary/aromatic N) is 4. The summed E-state index contributed by atoms with van der Waals surface area (Å²) in [6, 6.07) is 73.0. The highest BCUT2D eigenvalue weighted by atomic mass is 15.0. The van der Waals surface area contributed by atoms with Crippen molar-refractivity contribution in [1.29, 1.82) is 0 Å². The second kappa shape index (κ2) is 16.4. The molecule has 11 aromatic rings. The number of hydrogen-bond acceptors (Lipinski definition) is 3. The zero-order chi connectivity index (χ0) is 43.0. The zero-order valence-electron chi connectivity index (χ0n) is 35.4. The number of para-hydroxylation sites is 1. The SMILES string of the molecule is C=C/C=C\c1c(C)c(-c2cc(-c3nc(-c4ccccc4)nc(-c4cccc(-c5ccccc5)c4)n3)cc(-n3c4ccccc4c4ccc(-c5ccccc5)cc43)c2)cc2ccccc12. The Morgan fingerprint density at radius 2 is 0.938 bits per heavy atom. The van der Waals surface area contributed by atoms with Gasteiger partial charge >= 0.3 is 0 Å². The van der Waals surface area contributed by atoms with E-state index in [1.165, 1.54) is 27.3 Å². The van der Waals surface area contributed by atoms with Crippen LogP contribution in [0.3, 0.4) is 0 Å². The summed E-state index contributed by atoms with van der Waals surface area (Å²) in [6.07, 6.45) is 6.03. The first-order valence-corrected chi connectivity index (χ1v) is 21.6. The Morgan fingerprint density at radius 3 is 1.66 bits per heavy atom. The quantitative estimate of drug-likeness (QED) is 0.136. The molecule has 0 fully saturated rings. The standard InChI is InChI=1S/C60H42N4/c1-3-4-28-51-40(2)55(38-46-25-14-15-29-52(46)51)48-35-49(37-50(36-48)64-56-31-17-16-30-53(56)54-33-32-45(39-57(54)64)42-21-10-6-11-22-42)60-62-58(43-23-12-7-13-24-43)61-59(63-60)47-27-18-26-44(34-47)41-19-8-5-9-20-41/h3-39H,1H2,2H3/b28-4-. The summed E-state index contributed by atoms with van der Waals surface area (Å²) >= 11 is 0. The average molecular weight is 819 g/mol. The molecule has 0 bridgehead atoms. The second-order valence-corrected chi connectivity index (χ2v) is 16.1. The first kappa shape index (κ1) is 38.5. The van der Waals surface area contributed by atoms with Crippen LogP contribution in [0.15, 0.2) is 225 Å². The van der Waals surface area contributed by atoms with Crippen LogP contribution in [0, 0.1) is 6.92 Å². The minimum Gasteiger partial charge on any atom is -0.309 e. The van der Waals surface area contributed by atoms with Crippen molar-refractivity contribution in [2.24, 2.45) is 0 Å². The van der Waals surface area contributed by atoms with Gasteiger partial charge in [-0.05, 0) is 105 Å². The number of rotatable bonds is 9. The minimum absolute atomic E-state index is 0.591. The molecule has 4 heteroatoms. The molecule has 0 amide bonds. The van der Waals surface area contributed by atoms with Crippen LogP contribution in [0.4, 0.5) is 0 Å². The third-order valence-electron chi connectivity index (χ3n) is 12.2. The number of allylic oxidation sites excluding steroid dienone is 2. The van der Waals surface area contributed by atoms with E-state index in [1.54, 1.807) is 0 Å². The van der Waals surface area contributed by atoms with Gasteiger partial charge in [0, 0.05) is 33.2 Å². The Morgan fingerprint density at radius 1 is 0.406 bits per heavy atom. The summed E-state index contributed by atoms with van der Waals surface area (Å²) < 4.78 is 2.41. The first-order valence-electron chi connectivity index (χ1n) is 21.6. The third kappa shape index (κ3) is 7.07. The van der Waals surface area contributed by atoms with Crippen molar-refractivity contribution in [3.63, 3.8) is 0 Å². The van der Waals surface area contributed by atoms with Crippen molar-refractivity contribution in [2.45, 2.75) is 6.92 Å². The van der Waals surface area contributed by atoms with Gasteiger partial charge in [0.1, 0.15) is 0 Å². The largest absolute Gasteiger partial charge is 0.309 e. The number of fused-ring (bicyclic) bond motifs is 4. The molecule has 0 aliphatic heterocycles. The molecule has 302 valence electrons. The lowest BCUT2D eigenvalue weighted by atomic mass is 9.90. The Kier molecular flexibility index (Phi) is 9.87. The molecule has 0 N–H and O–H groups in total. The van der Waals surface area contributed by atoms with Gasteiger partial charge < -0.3 is 4.57 Å².